The number of amides is 1. The summed E-state index contributed by atoms with van der Waals surface area (Å²) in [5.41, 5.74) is 3.45. The first-order valence-corrected chi connectivity index (χ1v) is 10.4. The number of benzene rings is 3. The van der Waals surface area contributed by atoms with Crippen LogP contribution < -0.4 is 10.1 Å². The minimum Gasteiger partial charge on any atom is -0.497 e. The van der Waals surface area contributed by atoms with Gasteiger partial charge < -0.3 is 14.6 Å². The maximum atomic E-state index is 12.8. The average Bonchev–Trinajstić information content (AvgIpc) is 3.12. The van der Waals surface area contributed by atoms with Gasteiger partial charge in [-0.15, -0.1) is 11.8 Å². The third kappa shape index (κ3) is 4.12. The number of nitrogens with zero attached hydrogens (tertiary/aromatic N) is 2. The van der Waals surface area contributed by atoms with Crippen molar-refractivity contribution >= 4 is 34.4 Å². The number of fused-ring (bicyclic) bond motifs is 1. The van der Waals surface area contributed by atoms with Crippen LogP contribution in [0.5, 0.6) is 5.75 Å². The predicted molar refractivity (Wildman–Crippen MR) is 119 cm³/mol. The van der Waals surface area contributed by atoms with E-state index in [9.17, 15) is 4.79 Å². The lowest BCUT2D eigenvalue weighted by Crippen LogP contribution is -2.19. The van der Waals surface area contributed by atoms with Gasteiger partial charge in [-0.3, -0.25) is 4.79 Å². The number of nitrogens with one attached hydrogen (secondary N) is 1. The number of imidazole rings is 1. The molecule has 29 heavy (non-hydrogen) atoms. The molecule has 0 saturated heterocycles. The molecule has 5 nitrogen and oxygen atoms in total. The molecule has 3 aromatic carbocycles. The highest BCUT2D eigenvalue weighted by Crippen LogP contribution is 2.27. The van der Waals surface area contributed by atoms with Crippen molar-refractivity contribution in [1.82, 2.24) is 9.55 Å². The van der Waals surface area contributed by atoms with Crippen molar-refractivity contribution in [1.29, 1.82) is 0 Å². The van der Waals surface area contributed by atoms with Crippen molar-refractivity contribution in [3.8, 4) is 17.1 Å². The number of carbonyl (C=O) groups excluding carboxylic acids is 1. The van der Waals surface area contributed by atoms with E-state index in [-0.39, 0.29) is 12.5 Å². The van der Waals surface area contributed by atoms with Crippen LogP contribution in [0.3, 0.4) is 0 Å². The second kappa shape index (κ2) is 8.41. The van der Waals surface area contributed by atoms with Gasteiger partial charge in [0.1, 0.15) is 18.1 Å². The van der Waals surface area contributed by atoms with Gasteiger partial charge in [0, 0.05) is 16.1 Å². The molecule has 0 saturated carbocycles. The number of carbonyl (C=O) groups is 1. The summed E-state index contributed by atoms with van der Waals surface area (Å²) >= 11 is 1.64. The quantitative estimate of drug-likeness (QED) is 0.457. The molecule has 4 aromatic rings. The molecule has 6 heteroatoms. The van der Waals surface area contributed by atoms with Crippen molar-refractivity contribution in [2.75, 3.05) is 18.7 Å². The van der Waals surface area contributed by atoms with Crippen molar-refractivity contribution in [2.24, 2.45) is 0 Å². The third-order valence-electron chi connectivity index (χ3n) is 4.64. The largest absolute Gasteiger partial charge is 0.497 e. The van der Waals surface area contributed by atoms with Gasteiger partial charge in [-0.05, 0) is 48.7 Å². The fraction of sp³-hybridized carbons (Fsp3) is 0.130. The first-order chi connectivity index (χ1) is 14.2. The third-order valence-corrected chi connectivity index (χ3v) is 5.36. The summed E-state index contributed by atoms with van der Waals surface area (Å²) in [6.07, 6.45) is 2.01. The van der Waals surface area contributed by atoms with Crippen molar-refractivity contribution in [3.63, 3.8) is 0 Å². The number of para-hydroxylation sites is 2. The summed E-state index contributed by atoms with van der Waals surface area (Å²) in [7, 11) is 1.64. The number of anilines is 1. The number of rotatable bonds is 6. The zero-order chi connectivity index (χ0) is 20.2. The Kier molecular flexibility index (Phi) is 5.53. The minimum atomic E-state index is -0.101. The van der Waals surface area contributed by atoms with E-state index in [0.717, 1.165) is 38.8 Å². The van der Waals surface area contributed by atoms with Crippen molar-refractivity contribution < 1.29 is 9.53 Å². The van der Waals surface area contributed by atoms with Crippen LogP contribution in [0.25, 0.3) is 22.4 Å². The molecule has 0 fully saturated rings. The number of ether oxygens (including phenoxy) is 1. The highest BCUT2D eigenvalue weighted by atomic mass is 32.2. The standard InChI is InChI=1S/C23H21N3O2S/c1-28-18-9-5-7-16(13-18)23-25-20-11-3-4-12-21(20)26(23)15-22(27)24-17-8-6-10-19(14-17)29-2/h3-14H,15H2,1-2H3,(H,24,27). The molecule has 1 aromatic heterocycles. The van der Waals surface area contributed by atoms with E-state index in [4.69, 9.17) is 9.72 Å². The number of thioether (sulfide) groups is 1. The normalized spacial score (nSPS) is 10.8. The SMILES string of the molecule is COc1cccc(-c2nc3ccccc3n2CC(=O)Nc2cccc(SC)c2)c1. The Labute approximate surface area is 173 Å². The highest BCUT2D eigenvalue weighted by molar-refractivity contribution is 7.98. The van der Waals surface area contributed by atoms with Gasteiger partial charge in [0.25, 0.3) is 0 Å². The van der Waals surface area contributed by atoms with E-state index >= 15 is 0 Å². The fourth-order valence-corrected chi connectivity index (χ4v) is 3.72. The molecule has 4 rings (SSSR count). The molecule has 0 aliphatic rings. The van der Waals surface area contributed by atoms with Crippen molar-refractivity contribution in [2.45, 2.75) is 11.4 Å². The Balaban J connectivity index is 1.69. The van der Waals surface area contributed by atoms with E-state index in [1.165, 1.54) is 0 Å². The molecule has 0 aliphatic carbocycles. The smallest absolute Gasteiger partial charge is 0.244 e. The zero-order valence-electron chi connectivity index (χ0n) is 16.3. The average molecular weight is 404 g/mol. The number of hydrogen-bond donors (Lipinski definition) is 1. The van der Waals surface area contributed by atoms with Crippen LogP contribution in [-0.2, 0) is 11.3 Å². The second-order valence-corrected chi connectivity index (χ2v) is 7.40. The molecule has 1 N–H and O–H groups in total. The van der Waals surface area contributed by atoms with Crippen LogP contribution in [0.4, 0.5) is 5.69 Å². The molecule has 0 atom stereocenters. The van der Waals surface area contributed by atoms with Gasteiger partial charge >= 0.3 is 0 Å². The molecular weight excluding hydrogens is 382 g/mol. The molecule has 0 radical (unpaired) electrons. The molecule has 0 aliphatic heterocycles. The lowest BCUT2D eigenvalue weighted by molar-refractivity contribution is -0.116. The highest BCUT2D eigenvalue weighted by Gasteiger charge is 2.16. The van der Waals surface area contributed by atoms with Gasteiger partial charge in [-0.2, -0.15) is 0 Å². The van der Waals surface area contributed by atoms with E-state index in [1.807, 2.05) is 83.6 Å². The van der Waals surface area contributed by atoms with E-state index in [1.54, 1.807) is 18.9 Å². The minimum absolute atomic E-state index is 0.101. The number of methoxy groups -OCH3 is 1. The molecule has 0 unspecified atom stereocenters. The summed E-state index contributed by atoms with van der Waals surface area (Å²) < 4.78 is 7.30. The molecule has 146 valence electrons. The lowest BCUT2D eigenvalue weighted by Gasteiger charge is -2.11. The van der Waals surface area contributed by atoms with Crippen LogP contribution in [0, 0.1) is 0 Å². The molecule has 1 heterocycles. The topological polar surface area (TPSA) is 56.2 Å². The van der Waals surface area contributed by atoms with Gasteiger partial charge in [0.15, 0.2) is 0 Å². The Morgan fingerprint density at radius 1 is 1.07 bits per heavy atom. The molecular formula is C23H21N3O2S. The lowest BCUT2D eigenvalue weighted by atomic mass is 10.2. The zero-order valence-corrected chi connectivity index (χ0v) is 17.1. The van der Waals surface area contributed by atoms with Crippen LogP contribution in [0.15, 0.2) is 77.7 Å². The molecule has 0 bridgehead atoms. The number of hydrogen-bond acceptors (Lipinski definition) is 4. The van der Waals surface area contributed by atoms with Crippen molar-refractivity contribution in [3.05, 3.63) is 72.8 Å². The van der Waals surface area contributed by atoms with Gasteiger partial charge in [0.2, 0.25) is 5.91 Å². The van der Waals surface area contributed by atoms with Crippen LogP contribution in [-0.4, -0.2) is 28.8 Å². The van der Waals surface area contributed by atoms with E-state index in [0.29, 0.717) is 0 Å². The van der Waals surface area contributed by atoms with E-state index < -0.39 is 0 Å². The maximum absolute atomic E-state index is 12.8. The summed E-state index contributed by atoms with van der Waals surface area (Å²) in [5.74, 6) is 1.38. The second-order valence-electron chi connectivity index (χ2n) is 6.52. The predicted octanol–water partition coefficient (Wildman–Crippen LogP) is 5.07. The first-order valence-electron chi connectivity index (χ1n) is 9.21. The monoisotopic (exact) mass is 403 g/mol. The number of aromatic nitrogens is 2. The molecule has 1 amide bonds. The fourth-order valence-electron chi connectivity index (χ4n) is 3.26. The van der Waals surface area contributed by atoms with Gasteiger partial charge in [-0.1, -0.05) is 30.3 Å². The Morgan fingerprint density at radius 2 is 1.90 bits per heavy atom. The summed E-state index contributed by atoms with van der Waals surface area (Å²) in [5, 5.41) is 3.00. The van der Waals surface area contributed by atoms with E-state index in [2.05, 4.69) is 5.32 Å². The first kappa shape index (κ1) is 19.1. The van der Waals surface area contributed by atoms with Crippen LogP contribution >= 0.6 is 11.8 Å². The Morgan fingerprint density at radius 3 is 2.72 bits per heavy atom. The maximum Gasteiger partial charge on any atom is 0.244 e. The summed E-state index contributed by atoms with van der Waals surface area (Å²) in [6.45, 7) is 0.163. The Hall–Kier alpha value is -3.25. The Bertz CT molecular complexity index is 1170. The molecule has 0 spiro atoms. The summed E-state index contributed by atoms with van der Waals surface area (Å²) in [4.78, 5) is 18.7. The van der Waals surface area contributed by atoms with Crippen LogP contribution in [0.2, 0.25) is 0 Å². The van der Waals surface area contributed by atoms with Crippen LogP contribution in [0.1, 0.15) is 0 Å². The van der Waals surface area contributed by atoms with Gasteiger partial charge in [0.05, 0.1) is 18.1 Å². The van der Waals surface area contributed by atoms with Gasteiger partial charge in [-0.25, -0.2) is 4.98 Å². The summed E-state index contributed by atoms with van der Waals surface area (Å²) in [6, 6.07) is 23.4.